The Balaban J connectivity index is 1.84. The Morgan fingerprint density at radius 1 is 1.29 bits per heavy atom. The van der Waals surface area contributed by atoms with Crippen LogP contribution in [0.4, 0.5) is 0 Å². The number of aromatic amines is 1. The highest BCUT2D eigenvalue weighted by atomic mass is 16.1. The lowest BCUT2D eigenvalue weighted by Crippen LogP contribution is -2.27. The van der Waals surface area contributed by atoms with Crippen molar-refractivity contribution in [2.45, 2.75) is 26.2 Å². The number of nitrogens with one attached hydrogen (secondary N) is 2. The molecule has 0 bridgehead atoms. The highest BCUT2D eigenvalue weighted by Crippen LogP contribution is 2.22. The van der Waals surface area contributed by atoms with Gasteiger partial charge in [-0.05, 0) is 52.0 Å². The van der Waals surface area contributed by atoms with Crippen LogP contribution in [0.2, 0.25) is 0 Å². The van der Waals surface area contributed by atoms with Crippen molar-refractivity contribution >= 4 is 16.8 Å². The lowest BCUT2D eigenvalue weighted by Gasteiger charge is -2.10. The lowest BCUT2D eigenvalue weighted by atomic mass is 10.1. The third kappa shape index (κ3) is 4.33. The second kappa shape index (κ2) is 7.27. The Morgan fingerprint density at radius 2 is 2.05 bits per heavy atom. The first-order chi connectivity index (χ1) is 10.1. The number of para-hydroxylation sites is 1. The number of H-pyrrole nitrogens is 1. The molecule has 0 saturated carbocycles. The van der Waals surface area contributed by atoms with Crippen LogP contribution in [0.1, 0.15) is 24.1 Å². The van der Waals surface area contributed by atoms with Crippen molar-refractivity contribution in [2.75, 3.05) is 27.2 Å². The predicted octanol–water partition coefficient (Wildman–Crippen LogP) is 2.48. The number of rotatable bonds is 7. The first-order valence-electron chi connectivity index (χ1n) is 7.55. The number of nitrogens with zero attached hydrogens (tertiary/aromatic N) is 1. The van der Waals surface area contributed by atoms with Crippen LogP contribution < -0.4 is 5.32 Å². The van der Waals surface area contributed by atoms with Gasteiger partial charge in [0.05, 0.1) is 0 Å². The molecular weight excluding hydrogens is 262 g/mol. The molecule has 0 unspecified atom stereocenters. The van der Waals surface area contributed by atoms with Gasteiger partial charge in [0.15, 0.2) is 0 Å². The molecule has 21 heavy (non-hydrogen) atoms. The zero-order chi connectivity index (χ0) is 15.2. The molecule has 0 fully saturated rings. The smallest absolute Gasteiger partial charge is 0.220 e. The molecule has 1 amide bonds. The molecule has 114 valence electrons. The van der Waals surface area contributed by atoms with Gasteiger partial charge in [0.2, 0.25) is 5.91 Å². The van der Waals surface area contributed by atoms with Crippen LogP contribution in [0.25, 0.3) is 10.9 Å². The number of amides is 1. The monoisotopic (exact) mass is 287 g/mol. The summed E-state index contributed by atoms with van der Waals surface area (Å²) in [4.78, 5) is 17.4. The quantitative estimate of drug-likeness (QED) is 0.769. The maximum absolute atomic E-state index is 11.9. The number of benzene rings is 1. The first-order valence-corrected chi connectivity index (χ1v) is 7.55. The van der Waals surface area contributed by atoms with Crippen molar-refractivity contribution in [3.63, 3.8) is 0 Å². The minimum absolute atomic E-state index is 0.137. The van der Waals surface area contributed by atoms with Gasteiger partial charge >= 0.3 is 0 Å². The van der Waals surface area contributed by atoms with Crippen LogP contribution in [0.15, 0.2) is 24.3 Å². The van der Waals surface area contributed by atoms with E-state index in [0.29, 0.717) is 6.42 Å². The van der Waals surface area contributed by atoms with Gasteiger partial charge in [0.25, 0.3) is 0 Å². The Kier molecular flexibility index (Phi) is 5.39. The minimum Gasteiger partial charge on any atom is -0.358 e. The molecular formula is C17H25N3O. The molecule has 0 aliphatic heterocycles. The van der Waals surface area contributed by atoms with E-state index in [4.69, 9.17) is 0 Å². The third-order valence-corrected chi connectivity index (χ3v) is 3.73. The molecule has 1 heterocycles. The van der Waals surface area contributed by atoms with Gasteiger partial charge in [-0.25, -0.2) is 0 Å². The topological polar surface area (TPSA) is 48.1 Å². The van der Waals surface area contributed by atoms with E-state index in [0.717, 1.165) is 37.1 Å². The highest BCUT2D eigenvalue weighted by Gasteiger charge is 2.09. The van der Waals surface area contributed by atoms with Gasteiger partial charge in [0.1, 0.15) is 0 Å². The number of hydrogen-bond donors (Lipinski definition) is 2. The van der Waals surface area contributed by atoms with Gasteiger partial charge in [-0.1, -0.05) is 18.2 Å². The largest absolute Gasteiger partial charge is 0.358 e. The lowest BCUT2D eigenvalue weighted by molar-refractivity contribution is -0.121. The van der Waals surface area contributed by atoms with E-state index in [1.165, 1.54) is 10.9 Å². The normalized spacial score (nSPS) is 11.2. The van der Waals surface area contributed by atoms with E-state index in [1.54, 1.807) is 0 Å². The number of aryl methyl sites for hydroxylation is 2. The van der Waals surface area contributed by atoms with E-state index in [9.17, 15) is 4.79 Å². The molecule has 1 aromatic heterocycles. The van der Waals surface area contributed by atoms with Gasteiger partial charge < -0.3 is 15.2 Å². The molecule has 1 aromatic carbocycles. The summed E-state index contributed by atoms with van der Waals surface area (Å²) in [7, 11) is 4.09. The number of carbonyl (C=O) groups excluding carboxylic acids is 1. The summed E-state index contributed by atoms with van der Waals surface area (Å²) >= 11 is 0. The number of fused-ring (bicyclic) bond motifs is 1. The van der Waals surface area contributed by atoms with Crippen molar-refractivity contribution in [2.24, 2.45) is 0 Å². The van der Waals surface area contributed by atoms with Crippen LogP contribution in [0.3, 0.4) is 0 Å². The van der Waals surface area contributed by atoms with E-state index >= 15 is 0 Å². The summed E-state index contributed by atoms with van der Waals surface area (Å²) in [5.41, 5.74) is 3.57. The van der Waals surface area contributed by atoms with Crippen LogP contribution >= 0.6 is 0 Å². The van der Waals surface area contributed by atoms with Crippen molar-refractivity contribution in [1.82, 2.24) is 15.2 Å². The highest BCUT2D eigenvalue weighted by molar-refractivity contribution is 5.85. The average molecular weight is 287 g/mol. The van der Waals surface area contributed by atoms with Crippen LogP contribution in [0.5, 0.6) is 0 Å². The van der Waals surface area contributed by atoms with Crippen LogP contribution in [-0.4, -0.2) is 43.0 Å². The summed E-state index contributed by atoms with van der Waals surface area (Å²) in [6, 6.07) is 8.26. The summed E-state index contributed by atoms with van der Waals surface area (Å²) < 4.78 is 0. The summed E-state index contributed by atoms with van der Waals surface area (Å²) in [6.45, 7) is 3.83. The molecule has 2 rings (SSSR count). The predicted molar refractivity (Wildman–Crippen MR) is 87.5 cm³/mol. The second-order valence-corrected chi connectivity index (χ2v) is 5.78. The van der Waals surface area contributed by atoms with Gasteiger partial charge in [-0.3, -0.25) is 4.79 Å². The first kappa shape index (κ1) is 15.6. The standard InChI is InChI=1S/C17H25N3O/c1-13-14(15-7-4-5-8-16(15)19-13)9-10-17(21)18-11-6-12-20(2)3/h4-5,7-8,19H,6,9-12H2,1-3H3,(H,18,21). The Labute approximate surface area is 126 Å². The molecule has 2 N–H and O–H groups in total. The second-order valence-electron chi connectivity index (χ2n) is 5.78. The molecule has 0 aliphatic carbocycles. The molecule has 4 nitrogen and oxygen atoms in total. The van der Waals surface area contributed by atoms with E-state index in [1.807, 2.05) is 26.2 Å². The molecule has 0 atom stereocenters. The summed E-state index contributed by atoms with van der Waals surface area (Å²) in [6.07, 6.45) is 2.32. The molecule has 2 aromatic rings. The fourth-order valence-electron chi connectivity index (χ4n) is 2.61. The van der Waals surface area contributed by atoms with E-state index in [2.05, 4.69) is 34.3 Å². The molecule has 4 heteroatoms. The summed E-state index contributed by atoms with van der Waals surface area (Å²) in [5.74, 6) is 0.137. The number of aromatic nitrogens is 1. The third-order valence-electron chi connectivity index (χ3n) is 3.73. The Morgan fingerprint density at radius 3 is 2.81 bits per heavy atom. The van der Waals surface area contributed by atoms with Gasteiger partial charge in [-0.2, -0.15) is 0 Å². The van der Waals surface area contributed by atoms with Crippen molar-refractivity contribution in [1.29, 1.82) is 0 Å². The van der Waals surface area contributed by atoms with Crippen molar-refractivity contribution in [3.05, 3.63) is 35.5 Å². The molecule has 0 saturated heterocycles. The van der Waals surface area contributed by atoms with Crippen molar-refractivity contribution in [3.8, 4) is 0 Å². The van der Waals surface area contributed by atoms with E-state index in [-0.39, 0.29) is 5.91 Å². The van der Waals surface area contributed by atoms with E-state index < -0.39 is 0 Å². The minimum atomic E-state index is 0.137. The molecule has 0 spiro atoms. The number of hydrogen-bond acceptors (Lipinski definition) is 2. The fourth-order valence-corrected chi connectivity index (χ4v) is 2.61. The molecule has 0 aliphatic rings. The van der Waals surface area contributed by atoms with Gasteiger partial charge in [0, 0.05) is 29.6 Å². The molecule has 0 radical (unpaired) electrons. The van der Waals surface area contributed by atoms with Crippen LogP contribution in [0, 0.1) is 6.92 Å². The Bertz CT molecular complexity index is 601. The van der Waals surface area contributed by atoms with Crippen molar-refractivity contribution < 1.29 is 4.79 Å². The van der Waals surface area contributed by atoms with Gasteiger partial charge in [-0.15, -0.1) is 0 Å². The fraction of sp³-hybridized carbons (Fsp3) is 0.471. The van der Waals surface area contributed by atoms with Crippen LogP contribution in [-0.2, 0) is 11.2 Å². The maximum Gasteiger partial charge on any atom is 0.220 e. The zero-order valence-electron chi connectivity index (χ0n) is 13.2. The zero-order valence-corrected chi connectivity index (χ0v) is 13.2. The number of carbonyl (C=O) groups is 1. The SMILES string of the molecule is Cc1[nH]c2ccccc2c1CCC(=O)NCCCN(C)C. The average Bonchev–Trinajstić information content (AvgIpc) is 2.76. The summed E-state index contributed by atoms with van der Waals surface area (Å²) in [5, 5.41) is 4.22. The maximum atomic E-state index is 11.9. The Hall–Kier alpha value is -1.81.